The lowest BCUT2D eigenvalue weighted by Crippen LogP contribution is -2.45. The summed E-state index contributed by atoms with van der Waals surface area (Å²) in [5.41, 5.74) is 2.73. The van der Waals surface area contributed by atoms with E-state index in [-0.39, 0.29) is 0 Å². The van der Waals surface area contributed by atoms with E-state index in [1.54, 1.807) is 0 Å². The Morgan fingerprint density at radius 3 is 2.79 bits per heavy atom. The topological polar surface area (TPSA) is 31.1 Å². The van der Waals surface area contributed by atoms with E-state index in [9.17, 15) is 0 Å². The fourth-order valence-corrected chi connectivity index (χ4v) is 3.17. The first-order valence-corrected chi connectivity index (χ1v) is 7.41. The molecule has 3 nitrogen and oxygen atoms in total. The fraction of sp³-hybridized carbons (Fsp3) is 0.500. The van der Waals surface area contributed by atoms with Crippen molar-refractivity contribution in [3.63, 3.8) is 0 Å². The van der Waals surface area contributed by atoms with Crippen molar-refractivity contribution in [2.24, 2.45) is 0 Å². The van der Waals surface area contributed by atoms with Gasteiger partial charge in [-0.25, -0.2) is 0 Å². The second-order valence-corrected chi connectivity index (χ2v) is 5.38. The zero-order valence-corrected chi connectivity index (χ0v) is 11.7. The molecule has 3 rings (SSSR count). The van der Waals surface area contributed by atoms with Crippen molar-refractivity contribution in [3.05, 3.63) is 36.0 Å². The Morgan fingerprint density at radius 1 is 1.21 bits per heavy atom. The number of nitrogens with zero attached hydrogens (tertiary/aromatic N) is 1. The first kappa shape index (κ1) is 12.7. The molecule has 2 aromatic rings. The first-order chi connectivity index (χ1) is 9.40. The molecule has 0 saturated carbocycles. The summed E-state index contributed by atoms with van der Waals surface area (Å²) in [4.78, 5) is 6.06. The highest BCUT2D eigenvalue weighted by atomic mass is 15.2. The van der Waals surface area contributed by atoms with Crippen molar-refractivity contribution in [3.8, 4) is 0 Å². The van der Waals surface area contributed by atoms with Crippen LogP contribution < -0.4 is 5.32 Å². The number of fused-ring (bicyclic) bond motifs is 1. The van der Waals surface area contributed by atoms with E-state index in [4.69, 9.17) is 0 Å². The molecule has 0 radical (unpaired) electrons. The van der Waals surface area contributed by atoms with Gasteiger partial charge >= 0.3 is 0 Å². The van der Waals surface area contributed by atoms with Gasteiger partial charge in [-0.1, -0.05) is 31.5 Å². The minimum Gasteiger partial charge on any atom is -0.361 e. The van der Waals surface area contributed by atoms with Gasteiger partial charge in [-0.2, -0.15) is 0 Å². The zero-order valence-electron chi connectivity index (χ0n) is 11.7. The van der Waals surface area contributed by atoms with E-state index in [0.29, 0.717) is 6.04 Å². The van der Waals surface area contributed by atoms with E-state index < -0.39 is 0 Å². The van der Waals surface area contributed by atoms with Crippen molar-refractivity contribution in [2.75, 3.05) is 26.2 Å². The molecule has 0 unspecified atom stereocenters. The van der Waals surface area contributed by atoms with E-state index in [1.165, 1.54) is 29.3 Å². The number of hydrogen-bond donors (Lipinski definition) is 2. The second kappa shape index (κ2) is 5.76. The van der Waals surface area contributed by atoms with Crippen molar-refractivity contribution >= 4 is 10.9 Å². The molecule has 2 heterocycles. The molecule has 0 aliphatic carbocycles. The predicted octanol–water partition coefficient (Wildman–Crippen LogP) is 2.91. The number of H-pyrrole nitrogens is 1. The maximum absolute atomic E-state index is 3.44. The molecule has 0 spiro atoms. The molecule has 2 N–H and O–H groups in total. The van der Waals surface area contributed by atoms with Crippen LogP contribution in [0.4, 0.5) is 0 Å². The number of hydrogen-bond acceptors (Lipinski definition) is 2. The normalized spacial score (nSPS) is 18.8. The van der Waals surface area contributed by atoms with Gasteiger partial charge in [0, 0.05) is 49.3 Å². The first-order valence-electron chi connectivity index (χ1n) is 7.41. The van der Waals surface area contributed by atoms with Crippen LogP contribution in [0.15, 0.2) is 30.5 Å². The summed E-state index contributed by atoms with van der Waals surface area (Å²) in [6, 6.07) is 9.21. The molecular formula is C16H23N3. The maximum atomic E-state index is 3.44. The number of benzene rings is 1. The Hall–Kier alpha value is -1.32. The molecule has 0 amide bonds. The Balaban J connectivity index is 1.94. The average molecular weight is 257 g/mol. The number of piperazine rings is 1. The molecule has 1 aromatic heterocycles. The number of aromatic amines is 1. The second-order valence-electron chi connectivity index (χ2n) is 5.38. The van der Waals surface area contributed by atoms with Crippen molar-refractivity contribution in [1.82, 2.24) is 15.2 Å². The van der Waals surface area contributed by atoms with Gasteiger partial charge in [0.25, 0.3) is 0 Å². The van der Waals surface area contributed by atoms with Crippen LogP contribution >= 0.6 is 0 Å². The summed E-state index contributed by atoms with van der Waals surface area (Å²) >= 11 is 0. The molecule has 19 heavy (non-hydrogen) atoms. The SMILES string of the molecule is CCC[C@@H](c1c[nH]c2ccccc12)N1CCNCC1. The number of aromatic nitrogens is 1. The summed E-state index contributed by atoms with van der Waals surface area (Å²) in [7, 11) is 0. The fourth-order valence-electron chi connectivity index (χ4n) is 3.17. The van der Waals surface area contributed by atoms with Crippen LogP contribution in [0.3, 0.4) is 0 Å². The van der Waals surface area contributed by atoms with Crippen LogP contribution in [0.1, 0.15) is 31.4 Å². The molecule has 3 heteroatoms. The van der Waals surface area contributed by atoms with Crippen LogP contribution in [0, 0.1) is 0 Å². The Bertz CT molecular complexity index is 526. The Labute approximate surface area is 115 Å². The van der Waals surface area contributed by atoms with Gasteiger partial charge in [0.15, 0.2) is 0 Å². The summed E-state index contributed by atoms with van der Waals surface area (Å²) in [5, 5.41) is 4.83. The smallest absolute Gasteiger partial charge is 0.0457 e. The van der Waals surface area contributed by atoms with Crippen LogP contribution in [0.5, 0.6) is 0 Å². The van der Waals surface area contributed by atoms with Gasteiger partial charge in [-0.15, -0.1) is 0 Å². The number of nitrogens with one attached hydrogen (secondary N) is 2. The standard InChI is InChI=1S/C16H23N3/c1-2-5-16(19-10-8-17-9-11-19)14-12-18-15-7-4-3-6-13(14)15/h3-4,6-7,12,16-18H,2,5,8-11H2,1H3/t16-/m0/s1. The van der Waals surface area contributed by atoms with E-state index >= 15 is 0 Å². The van der Waals surface area contributed by atoms with Crippen LogP contribution in [0.2, 0.25) is 0 Å². The van der Waals surface area contributed by atoms with Gasteiger partial charge in [0.05, 0.1) is 0 Å². The highest BCUT2D eigenvalue weighted by Gasteiger charge is 2.23. The van der Waals surface area contributed by atoms with Gasteiger partial charge < -0.3 is 10.3 Å². The van der Waals surface area contributed by atoms with Gasteiger partial charge in [-0.05, 0) is 18.1 Å². The maximum Gasteiger partial charge on any atom is 0.0457 e. The van der Waals surface area contributed by atoms with Gasteiger partial charge in [0.2, 0.25) is 0 Å². The quantitative estimate of drug-likeness (QED) is 0.882. The van der Waals surface area contributed by atoms with E-state index in [1.807, 2.05) is 0 Å². The van der Waals surface area contributed by atoms with Crippen molar-refractivity contribution < 1.29 is 0 Å². The van der Waals surface area contributed by atoms with Crippen LogP contribution in [-0.2, 0) is 0 Å². The molecular weight excluding hydrogens is 234 g/mol. The molecule has 0 bridgehead atoms. The lowest BCUT2D eigenvalue weighted by Gasteiger charge is -2.35. The van der Waals surface area contributed by atoms with Gasteiger partial charge in [-0.3, -0.25) is 4.90 Å². The van der Waals surface area contributed by atoms with Crippen molar-refractivity contribution in [1.29, 1.82) is 0 Å². The van der Waals surface area contributed by atoms with E-state index in [0.717, 1.165) is 26.2 Å². The van der Waals surface area contributed by atoms with E-state index in [2.05, 4.69) is 52.6 Å². The molecule has 1 atom stereocenters. The van der Waals surface area contributed by atoms with Crippen LogP contribution in [-0.4, -0.2) is 36.1 Å². The third-order valence-electron chi connectivity index (χ3n) is 4.13. The molecule has 1 aromatic carbocycles. The molecule has 1 saturated heterocycles. The average Bonchev–Trinajstić information content (AvgIpc) is 2.89. The summed E-state index contributed by atoms with van der Waals surface area (Å²) < 4.78 is 0. The minimum absolute atomic E-state index is 0.559. The van der Waals surface area contributed by atoms with Crippen molar-refractivity contribution in [2.45, 2.75) is 25.8 Å². The molecule has 102 valence electrons. The highest BCUT2D eigenvalue weighted by molar-refractivity contribution is 5.83. The molecule has 1 aliphatic rings. The highest BCUT2D eigenvalue weighted by Crippen LogP contribution is 2.31. The van der Waals surface area contributed by atoms with Crippen LogP contribution in [0.25, 0.3) is 10.9 Å². The number of para-hydroxylation sites is 1. The summed E-state index contributed by atoms with van der Waals surface area (Å²) in [5.74, 6) is 0. The third-order valence-corrected chi connectivity index (χ3v) is 4.13. The lowest BCUT2D eigenvalue weighted by molar-refractivity contribution is 0.165. The largest absolute Gasteiger partial charge is 0.361 e. The third kappa shape index (κ3) is 2.53. The Kier molecular flexibility index (Phi) is 3.85. The minimum atomic E-state index is 0.559. The van der Waals surface area contributed by atoms with Gasteiger partial charge in [0.1, 0.15) is 0 Å². The monoisotopic (exact) mass is 257 g/mol. The zero-order chi connectivity index (χ0) is 13.1. The molecule has 1 aliphatic heterocycles. The molecule has 1 fully saturated rings. The summed E-state index contributed by atoms with van der Waals surface area (Å²) in [6.07, 6.45) is 4.68. The number of rotatable bonds is 4. The summed E-state index contributed by atoms with van der Waals surface area (Å²) in [6.45, 7) is 6.82. The Morgan fingerprint density at radius 2 is 2.00 bits per heavy atom. The predicted molar refractivity (Wildman–Crippen MR) is 80.4 cm³/mol. The lowest BCUT2D eigenvalue weighted by atomic mass is 9.99.